The van der Waals surface area contributed by atoms with Gasteiger partial charge in [-0.25, -0.2) is 4.98 Å². The molecule has 0 aliphatic heterocycles. The molecule has 2 rings (SSSR count). The van der Waals surface area contributed by atoms with Gasteiger partial charge in [0.05, 0.1) is 11.1 Å². The first-order chi connectivity index (χ1) is 12.6. The Labute approximate surface area is 149 Å². The van der Waals surface area contributed by atoms with E-state index in [9.17, 15) is 44.3 Å². The molecule has 1 N–H and O–H groups in total. The van der Waals surface area contributed by atoms with Crippen molar-refractivity contribution in [3.63, 3.8) is 0 Å². The first-order valence-electron chi connectivity index (χ1n) is 7.03. The van der Waals surface area contributed by atoms with Crippen LogP contribution in [0.25, 0.3) is 6.20 Å². The summed E-state index contributed by atoms with van der Waals surface area (Å²) >= 11 is 0. The zero-order valence-corrected chi connectivity index (χ0v) is 13.3. The maximum atomic E-state index is 12.9. The third-order valence-corrected chi connectivity index (χ3v) is 3.27. The molecule has 0 amide bonds. The standard InChI is InChI=1S/C15H8F9N3O/c1-2-27-11(28)6-10(15(22,23)24)26-12(27)25-9-4-7(13(16,17)18)3-8(5-9)14(19,20)21/h2-6H,1H2,(H,25,26). The Hall–Kier alpha value is -2.99. The lowest BCUT2D eigenvalue weighted by atomic mass is 10.1. The van der Waals surface area contributed by atoms with E-state index < -0.39 is 52.5 Å². The molecule has 0 spiro atoms. The van der Waals surface area contributed by atoms with Crippen LogP contribution < -0.4 is 10.9 Å². The zero-order valence-electron chi connectivity index (χ0n) is 13.3. The van der Waals surface area contributed by atoms with Crippen molar-refractivity contribution in [3.8, 4) is 0 Å². The predicted octanol–water partition coefficient (Wildman–Crippen LogP) is 5.14. The van der Waals surface area contributed by atoms with Crippen molar-refractivity contribution >= 4 is 17.8 Å². The summed E-state index contributed by atoms with van der Waals surface area (Å²) in [7, 11) is 0. The molecule has 0 saturated heterocycles. The van der Waals surface area contributed by atoms with Crippen molar-refractivity contribution in [1.29, 1.82) is 0 Å². The van der Waals surface area contributed by atoms with Gasteiger partial charge in [0.25, 0.3) is 5.56 Å². The summed E-state index contributed by atoms with van der Waals surface area (Å²) in [5.74, 6) is -0.970. The Morgan fingerprint density at radius 2 is 1.36 bits per heavy atom. The topological polar surface area (TPSA) is 46.9 Å². The Balaban J connectivity index is 2.66. The molecule has 4 nitrogen and oxygen atoms in total. The zero-order chi connectivity index (χ0) is 21.5. The summed E-state index contributed by atoms with van der Waals surface area (Å²) in [5, 5.41) is 1.88. The summed E-state index contributed by atoms with van der Waals surface area (Å²) in [6.07, 6.45) is -14.7. The normalized spacial score (nSPS) is 12.8. The Morgan fingerprint density at radius 1 is 0.857 bits per heavy atom. The summed E-state index contributed by atoms with van der Waals surface area (Å²) in [6.45, 7) is 3.14. The second-order valence-electron chi connectivity index (χ2n) is 5.27. The van der Waals surface area contributed by atoms with Gasteiger partial charge in [0.15, 0.2) is 5.69 Å². The first kappa shape index (κ1) is 21.3. The van der Waals surface area contributed by atoms with E-state index in [1.165, 1.54) is 0 Å². The van der Waals surface area contributed by atoms with Gasteiger partial charge in [0.2, 0.25) is 5.95 Å². The number of nitrogens with one attached hydrogen (secondary N) is 1. The third kappa shape index (κ3) is 4.64. The molecule has 13 heteroatoms. The van der Waals surface area contributed by atoms with Gasteiger partial charge in [-0.3, -0.25) is 9.36 Å². The van der Waals surface area contributed by atoms with Crippen LogP contribution in [0.15, 0.2) is 35.6 Å². The molecule has 0 unspecified atom stereocenters. The van der Waals surface area contributed by atoms with Gasteiger partial charge in [-0.15, -0.1) is 0 Å². The fourth-order valence-corrected chi connectivity index (χ4v) is 2.06. The molecule has 0 bridgehead atoms. The SMILES string of the molecule is C=Cn1c(Nc2cc(C(F)(F)F)cc(C(F)(F)F)c2)nc(C(F)(F)F)cc1=O. The fourth-order valence-electron chi connectivity index (χ4n) is 2.06. The molecule has 1 heterocycles. The van der Waals surface area contributed by atoms with Crippen LogP contribution >= 0.6 is 0 Å². The average Bonchev–Trinajstić information content (AvgIpc) is 2.51. The molecule has 2 aromatic rings. The molecule has 0 atom stereocenters. The Bertz CT molecular complexity index is 923. The molecule has 0 fully saturated rings. The molecule has 0 saturated carbocycles. The molecule has 152 valence electrons. The first-order valence-corrected chi connectivity index (χ1v) is 7.03. The van der Waals surface area contributed by atoms with Crippen molar-refractivity contribution in [2.45, 2.75) is 18.5 Å². The summed E-state index contributed by atoms with van der Waals surface area (Å²) in [4.78, 5) is 14.8. The van der Waals surface area contributed by atoms with Crippen molar-refractivity contribution < 1.29 is 39.5 Å². The number of anilines is 2. The van der Waals surface area contributed by atoms with Gasteiger partial charge < -0.3 is 5.32 Å². The highest BCUT2D eigenvalue weighted by Gasteiger charge is 2.37. The molecular formula is C15H8F9N3O. The van der Waals surface area contributed by atoms with E-state index in [1.54, 1.807) is 0 Å². The quantitative estimate of drug-likeness (QED) is 0.704. The number of halogens is 9. The number of rotatable bonds is 3. The van der Waals surface area contributed by atoms with E-state index in [2.05, 4.69) is 11.6 Å². The summed E-state index contributed by atoms with van der Waals surface area (Å²) in [5.41, 5.74) is -7.29. The number of hydrogen-bond acceptors (Lipinski definition) is 3. The van der Waals surface area contributed by atoms with Crippen molar-refractivity contribution in [2.24, 2.45) is 0 Å². The van der Waals surface area contributed by atoms with Crippen molar-refractivity contribution in [2.75, 3.05) is 5.32 Å². The van der Waals surface area contributed by atoms with Crippen LogP contribution in [-0.2, 0) is 18.5 Å². The minimum atomic E-state index is -5.17. The fraction of sp³-hybridized carbons (Fsp3) is 0.200. The van der Waals surface area contributed by atoms with Crippen LogP contribution in [0.2, 0.25) is 0 Å². The molecule has 1 aromatic heterocycles. The van der Waals surface area contributed by atoms with Crippen LogP contribution in [0.3, 0.4) is 0 Å². The van der Waals surface area contributed by atoms with E-state index >= 15 is 0 Å². The second kappa shape index (κ2) is 6.87. The number of nitrogens with zero attached hydrogens (tertiary/aromatic N) is 2. The summed E-state index contributed by atoms with van der Waals surface area (Å²) in [6, 6.07) is 0.398. The largest absolute Gasteiger partial charge is 0.433 e. The lowest BCUT2D eigenvalue weighted by molar-refractivity contribution is -0.143. The van der Waals surface area contributed by atoms with E-state index in [-0.39, 0.29) is 24.3 Å². The maximum absolute atomic E-state index is 12.9. The number of aromatic nitrogens is 2. The van der Waals surface area contributed by atoms with Gasteiger partial charge >= 0.3 is 18.5 Å². The average molecular weight is 417 g/mol. The van der Waals surface area contributed by atoms with Crippen LogP contribution in [0.5, 0.6) is 0 Å². The Morgan fingerprint density at radius 3 is 1.75 bits per heavy atom. The maximum Gasteiger partial charge on any atom is 0.433 e. The minimum Gasteiger partial charge on any atom is -0.325 e. The van der Waals surface area contributed by atoms with Gasteiger partial charge in [0.1, 0.15) is 0 Å². The van der Waals surface area contributed by atoms with Gasteiger partial charge in [-0.1, -0.05) is 6.58 Å². The highest BCUT2D eigenvalue weighted by Crippen LogP contribution is 2.38. The molecule has 28 heavy (non-hydrogen) atoms. The van der Waals surface area contributed by atoms with Crippen molar-refractivity contribution in [1.82, 2.24) is 9.55 Å². The molecule has 1 aromatic carbocycles. The molecular weight excluding hydrogens is 409 g/mol. The lowest BCUT2D eigenvalue weighted by Crippen LogP contribution is -2.24. The Kier molecular flexibility index (Phi) is 5.23. The molecule has 0 aliphatic rings. The van der Waals surface area contributed by atoms with Crippen LogP contribution in [-0.4, -0.2) is 9.55 Å². The third-order valence-electron chi connectivity index (χ3n) is 3.27. The van der Waals surface area contributed by atoms with E-state index in [1.807, 2.05) is 5.32 Å². The van der Waals surface area contributed by atoms with Crippen LogP contribution in [0.1, 0.15) is 16.8 Å². The molecule has 0 aliphatic carbocycles. The molecule has 0 radical (unpaired) electrons. The van der Waals surface area contributed by atoms with E-state index in [4.69, 9.17) is 0 Å². The lowest BCUT2D eigenvalue weighted by Gasteiger charge is -2.17. The van der Waals surface area contributed by atoms with E-state index in [0.717, 1.165) is 0 Å². The van der Waals surface area contributed by atoms with Crippen LogP contribution in [0.4, 0.5) is 51.1 Å². The minimum absolute atomic E-state index is 0.0974. The number of hydrogen-bond donors (Lipinski definition) is 1. The van der Waals surface area contributed by atoms with Gasteiger partial charge in [-0.05, 0) is 18.2 Å². The van der Waals surface area contributed by atoms with Gasteiger partial charge in [-0.2, -0.15) is 39.5 Å². The van der Waals surface area contributed by atoms with Gasteiger partial charge in [0, 0.05) is 18.0 Å². The summed E-state index contributed by atoms with van der Waals surface area (Å²) < 4.78 is 116. The van der Waals surface area contributed by atoms with Crippen molar-refractivity contribution in [3.05, 3.63) is 58.0 Å². The predicted molar refractivity (Wildman–Crippen MR) is 79.6 cm³/mol. The highest BCUT2D eigenvalue weighted by atomic mass is 19.4. The number of benzene rings is 1. The van der Waals surface area contributed by atoms with E-state index in [0.29, 0.717) is 10.8 Å². The smallest absolute Gasteiger partial charge is 0.325 e. The number of alkyl halides is 9. The van der Waals surface area contributed by atoms with Crippen LogP contribution in [0, 0.1) is 0 Å². The second-order valence-corrected chi connectivity index (χ2v) is 5.27. The highest BCUT2D eigenvalue weighted by molar-refractivity contribution is 5.59. The monoisotopic (exact) mass is 417 g/mol.